The number of nitrogens with one attached hydrogen (secondary N) is 1. The molecule has 0 radical (unpaired) electrons. The summed E-state index contributed by atoms with van der Waals surface area (Å²) in [5, 5.41) is 12.1. The van der Waals surface area contributed by atoms with Crippen molar-refractivity contribution in [1.82, 2.24) is 5.32 Å². The number of carbonyl (C=O) groups excluding carboxylic acids is 3. The standard InChI is InChI=1S/C29H31N3O5/c1-31(27(34)19-17-23-12-6-3-7-13-23)24-14-8-9-15-25(24)32(21-29(36)37)28(35)20-30-26(33)18-16-22-10-4-2-5-11-22/h2-15H,16-21H2,1H3,(H,30,33)(H,36,37). The highest BCUT2D eigenvalue weighted by Gasteiger charge is 2.24. The van der Waals surface area contributed by atoms with Gasteiger partial charge >= 0.3 is 5.97 Å². The van der Waals surface area contributed by atoms with Crippen LogP contribution in [0.3, 0.4) is 0 Å². The summed E-state index contributed by atoms with van der Waals surface area (Å²) >= 11 is 0. The molecule has 0 bridgehead atoms. The first-order valence-corrected chi connectivity index (χ1v) is 12.1. The zero-order valence-corrected chi connectivity index (χ0v) is 20.8. The largest absolute Gasteiger partial charge is 0.480 e. The number of hydrogen-bond donors (Lipinski definition) is 2. The lowest BCUT2D eigenvalue weighted by Gasteiger charge is -2.27. The summed E-state index contributed by atoms with van der Waals surface area (Å²) in [5.41, 5.74) is 2.73. The van der Waals surface area contributed by atoms with Crippen LogP contribution in [0.4, 0.5) is 11.4 Å². The molecule has 192 valence electrons. The van der Waals surface area contributed by atoms with E-state index in [1.807, 2.05) is 60.7 Å². The third-order valence-electron chi connectivity index (χ3n) is 5.89. The lowest BCUT2D eigenvalue weighted by molar-refractivity contribution is -0.136. The van der Waals surface area contributed by atoms with Gasteiger partial charge in [0, 0.05) is 19.9 Å². The Bertz CT molecular complexity index is 1210. The number of aryl methyl sites for hydroxylation is 2. The van der Waals surface area contributed by atoms with Gasteiger partial charge in [-0.25, -0.2) is 0 Å². The van der Waals surface area contributed by atoms with Crippen molar-refractivity contribution in [2.75, 3.05) is 29.9 Å². The molecule has 3 amide bonds. The Hall–Kier alpha value is -4.46. The number of nitrogens with zero attached hydrogens (tertiary/aromatic N) is 2. The van der Waals surface area contributed by atoms with Gasteiger partial charge < -0.3 is 15.3 Å². The van der Waals surface area contributed by atoms with Gasteiger partial charge in [-0.15, -0.1) is 0 Å². The van der Waals surface area contributed by atoms with Crippen LogP contribution in [0.25, 0.3) is 0 Å². The Labute approximate surface area is 216 Å². The fraction of sp³-hybridized carbons (Fsp3) is 0.241. The van der Waals surface area contributed by atoms with Gasteiger partial charge in [-0.05, 0) is 36.1 Å². The number of benzene rings is 3. The molecule has 0 aliphatic heterocycles. The average Bonchev–Trinajstić information content (AvgIpc) is 2.92. The lowest BCUT2D eigenvalue weighted by Crippen LogP contribution is -2.43. The van der Waals surface area contributed by atoms with E-state index < -0.39 is 18.4 Å². The average molecular weight is 502 g/mol. The molecule has 0 unspecified atom stereocenters. The topological polar surface area (TPSA) is 107 Å². The highest BCUT2D eigenvalue weighted by atomic mass is 16.4. The van der Waals surface area contributed by atoms with Gasteiger partial charge in [0.1, 0.15) is 6.54 Å². The number of para-hydroxylation sites is 2. The van der Waals surface area contributed by atoms with Crippen LogP contribution in [-0.4, -0.2) is 48.9 Å². The smallest absolute Gasteiger partial charge is 0.323 e. The van der Waals surface area contributed by atoms with Crippen molar-refractivity contribution in [3.63, 3.8) is 0 Å². The van der Waals surface area contributed by atoms with E-state index in [0.29, 0.717) is 18.5 Å². The first kappa shape index (κ1) is 27.1. The van der Waals surface area contributed by atoms with Crippen LogP contribution in [0, 0.1) is 0 Å². The van der Waals surface area contributed by atoms with Gasteiger partial charge in [0.2, 0.25) is 17.7 Å². The zero-order chi connectivity index (χ0) is 26.6. The molecule has 3 aromatic carbocycles. The van der Waals surface area contributed by atoms with E-state index in [4.69, 9.17) is 0 Å². The molecule has 8 heteroatoms. The maximum Gasteiger partial charge on any atom is 0.323 e. The van der Waals surface area contributed by atoms with Crippen molar-refractivity contribution < 1.29 is 24.3 Å². The fourth-order valence-corrected chi connectivity index (χ4v) is 3.88. The summed E-state index contributed by atoms with van der Waals surface area (Å²) in [4.78, 5) is 52.4. The minimum atomic E-state index is -1.21. The SMILES string of the molecule is CN(C(=O)CCc1ccccc1)c1ccccc1N(CC(=O)O)C(=O)CNC(=O)CCc1ccccc1. The minimum Gasteiger partial charge on any atom is -0.480 e. The second kappa shape index (κ2) is 13.6. The maximum atomic E-state index is 13.1. The van der Waals surface area contributed by atoms with Gasteiger partial charge in [0.15, 0.2) is 0 Å². The highest BCUT2D eigenvalue weighted by Crippen LogP contribution is 2.29. The molecule has 2 N–H and O–H groups in total. The second-order valence-corrected chi connectivity index (χ2v) is 8.56. The number of carboxylic acids is 1. The molecular weight excluding hydrogens is 470 g/mol. The number of hydrogen-bond acceptors (Lipinski definition) is 4. The molecule has 0 aromatic heterocycles. The monoisotopic (exact) mass is 501 g/mol. The third kappa shape index (κ3) is 8.31. The van der Waals surface area contributed by atoms with E-state index in [-0.39, 0.29) is 36.9 Å². The second-order valence-electron chi connectivity index (χ2n) is 8.56. The van der Waals surface area contributed by atoms with Gasteiger partial charge in [-0.3, -0.25) is 24.1 Å². The molecule has 8 nitrogen and oxygen atoms in total. The number of carboxylic acid groups (broad SMARTS) is 1. The quantitative estimate of drug-likeness (QED) is 0.395. The van der Waals surface area contributed by atoms with E-state index in [1.165, 1.54) is 4.90 Å². The van der Waals surface area contributed by atoms with Crippen molar-refractivity contribution in [1.29, 1.82) is 0 Å². The predicted octanol–water partition coefficient (Wildman–Crippen LogP) is 3.45. The van der Waals surface area contributed by atoms with E-state index in [0.717, 1.165) is 16.0 Å². The van der Waals surface area contributed by atoms with Crippen LogP contribution >= 0.6 is 0 Å². The Morgan fingerprint density at radius 1 is 0.703 bits per heavy atom. The Morgan fingerprint density at radius 3 is 1.78 bits per heavy atom. The fourth-order valence-electron chi connectivity index (χ4n) is 3.88. The number of carbonyl (C=O) groups is 4. The number of amides is 3. The Balaban J connectivity index is 1.67. The van der Waals surface area contributed by atoms with Crippen molar-refractivity contribution in [3.05, 3.63) is 96.1 Å². The summed E-state index contributed by atoms with van der Waals surface area (Å²) in [6.07, 6.45) is 1.53. The molecule has 0 fully saturated rings. The molecular formula is C29H31N3O5. The van der Waals surface area contributed by atoms with Crippen molar-refractivity contribution >= 4 is 35.1 Å². The molecule has 0 heterocycles. The van der Waals surface area contributed by atoms with E-state index >= 15 is 0 Å². The van der Waals surface area contributed by atoms with Gasteiger partial charge in [-0.1, -0.05) is 72.8 Å². The number of aliphatic carboxylic acids is 1. The summed E-state index contributed by atoms with van der Waals surface area (Å²) < 4.78 is 0. The summed E-state index contributed by atoms with van der Waals surface area (Å²) in [6, 6.07) is 25.8. The van der Waals surface area contributed by atoms with Gasteiger partial charge in [-0.2, -0.15) is 0 Å². The summed E-state index contributed by atoms with van der Waals surface area (Å²) in [7, 11) is 1.60. The van der Waals surface area contributed by atoms with Crippen LogP contribution in [0.2, 0.25) is 0 Å². The van der Waals surface area contributed by atoms with E-state index in [1.54, 1.807) is 31.3 Å². The first-order chi connectivity index (χ1) is 17.8. The third-order valence-corrected chi connectivity index (χ3v) is 5.89. The zero-order valence-electron chi connectivity index (χ0n) is 20.8. The van der Waals surface area contributed by atoms with Crippen molar-refractivity contribution in [2.45, 2.75) is 25.7 Å². The van der Waals surface area contributed by atoms with Gasteiger partial charge in [0.05, 0.1) is 17.9 Å². The van der Waals surface area contributed by atoms with Crippen molar-refractivity contribution in [2.24, 2.45) is 0 Å². The highest BCUT2D eigenvalue weighted by molar-refractivity contribution is 6.05. The van der Waals surface area contributed by atoms with Crippen LogP contribution in [0.1, 0.15) is 24.0 Å². The minimum absolute atomic E-state index is 0.173. The van der Waals surface area contributed by atoms with E-state index in [9.17, 15) is 24.3 Å². The number of rotatable bonds is 12. The molecule has 3 rings (SSSR count). The molecule has 0 saturated heterocycles. The maximum absolute atomic E-state index is 13.1. The predicted molar refractivity (Wildman–Crippen MR) is 142 cm³/mol. The molecule has 37 heavy (non-hydrogen) atoms. The van der Waals surface area contributed by atoms with Crippen LogP contribution in [0.15, 0.2) is 84.9 Å². The molecule has 3 aromatic rings. The molecule has 0 spiro atoms. The molecule has 0 atom stereocenters. The van der Waals surface area contributed by atoms with E-state index in [2.05, 4.69) is 5.32 Å². The molecule has 0 aliphatic rings. The van der Waals surface area contributed by atoms with Gasteiger partial charge in [0.25, 0.3) is 0 Å². The van der Waals surface area contributed by atoms with Crippen LogP contribution in [-0.2, 0) is 32.0 Å². The Morgan fingerprint density at radius 2 is 1.22 bits per heavy atom. The summed E-state index contributed by atoms with van der Waals surface area (Å²) in [5.74, 6) is -2.29. The van der Waals surface area contributed by atoms with Crippen LogP contribution < -0.4 is 15.1 Å². The Kier molecular flexibility index (Phi) is 9.96. The molecule has 0 saturated carbocycles. The lowest BCUT2D eigenvalue weighted by atomic mass is 10.1. The number of anilines is 2. The first-order valence-electron chi connectivity index (χ1n) is 12.1. The van der Waals surface area contributed by atoms with Crippen LogP contribution in [0.5, 0.6) is 0 Å². The molecule has 0 aliphatic carbocycles. The van der Waals surface area contributed by atoms with Crippen molar-refractivity contribution in [3.8, 4) is 0 Å². The normalized spacial score (nSPS) is 10.4. The summed E-state index contributed by atoms with van der Waals surface area (Å²) in [6.45, 7) is -0.970.